The van der Waals surface area contributed by atoms with Crippen molar-refractivity contribution in [2.45, 2.75) is 11.8 Å². The van der Waals surface area contributed by atoms with E-state index in [1.54, 1.807) is 18.2 Å². The molecule has 1 heterocycles. The Kier molecular flexibility index (Phi) is 4.00. The molecule has 0 unspecified atom stereocenters. The summed E-state index contributed by atoms with van der Waals surface area (Å²) >= 11 is 0. The van der Waals surface area contributed by atoms with Crippen molar-refractivity contribution in [1.29, 1.82) is 0 Å². The second-order valence-corrected chi connectivity index (χ2v) is 8.73. The molecule has 0 saturated carbocycles. The number of aromatic nitrogens is 1. The van der Waals surface area contributed by atoms with E-state index in [9.17, 15) is 8.42 Å². The van der Waals surface area contributed by atoms with Crippen molar-refractivity contribution < 1.29 is 8.42 Å². The maximum absolute atomic E-state index is 13.3. The van der Waals surface area contributed by atoms with Gasteiger partial charge in [-0.05, 0) is 29.8 Å². The van der Waals surface area contributed by atoms with Gasteiger partial charge in [-0.1, -0.05) is 72.8 Å². The molecule has 0 bridgehead atoms. The fraction of sp³-hybridized carbons (Fsp3) is 0.0417. The Morgan fingerprint density at radius 2 is 1.38 bits per heavy atom. The second kappa shape index (κ2) is 6.57. The summed E-state index contributed by atoms with van der Waals surface area (Å²) in [5, 5.41) is 4.43. The van der Waals surface area contributed by atoms with Crippen molar-refractivity contribution in [2.24, 2.45) is 0 Å². The zero-order chi connectivity index (χ0) is 20.0. The standard InChI is InChI=1S/C24H18N2O2S/c1-16-15-22(21-14-13-18-8-3-5-11-20(18)24(21)25-16)26-29(27,28)23-12-6-9-17-7-2-4-10-19(17)23/h2-15H,1H3,(H,25,26). The molecule has 4 nitrogen and oxygen atoms in total. The Bertz CT molecular complexity index is 1500. The lowest BCUT2D eigenvalue weighted by Crippen LogP contribution is -2.14. The zero-order valence-electron chi connectivity index (χ0n) is 15.8. The summed E-state index contributed by atoms with van der Waals surface area (Å²) in [7, 11) is -3.78. The molecule has 0 atom stereocenters. The lowest BCUT2D eigenvalue weighted by atomic mass is 10.0. The topological polar surface area (TPSA) is 59.1 Å². The molecular weight excluding hydrogens is 380 g/mol. The molecule has 0 saturated heterocycles. The van der Waals surface area contributed by atoms with Crippen LogP contribution >= 0.6 is 0 Å². The first-order valence-electron chi connectivity index (χ1n) is 9.33. The normalized spacial score (nSPS) is 11.9. The fourth-order valence-corrected chi connectivity index (χ4v) is 5.10. The summed E-state index contributed by atoms with van der Waals surface area (Å²) in [6.07, 6.45) is 0. The highest BCUT2D eigenvalue weighted by molar-refractivity contribution is 7.93. The first-order chi connectivity index (χ1) is 14.0. The molecule has 0 fully saturated rings. The second-order valence-electron chi connectivity index (χ2n) is 7.08. The molecule has 0 aliphatic rings. The van der Waals surface area contributed by atoms with Crippen LogP contribution in [-0.4, -0.2) is 13.4 Å². The first-order valence-corrected chi connectivity index (χ1v) is 10.8. The van der Waals surface area contributed by atoms with Crippen molar-refractivity contribution >= 4 is 48.2 Å². The van der Waals surface area contributed by atoms with E-state index in [-0.39, 0.29) is 4.90 Å². The quantitative estimate of drug-likeness (QED) is 0.400. The molecule has 4 aromatic carbocycles. The van der Waals surface area contributed by atoms with E-state index in [1.165, 1.54) is 0 Å². The van der Waals surface area contributed by atoms with Gasteiger partial charge in [-0.2, -0.15) is 0 Å². The number of rotatable bonds is 3. The molecule has 1 aromatic heterocycles. The van der Waals surface area contributed by atoms with Crippen molar-refractivity contribution in [3.8, 4) is 0 Å². The van der Waals surface area contributed by atoms with Crippen LogP contribution in [0.1, 0.15) is 5.69 Å². The van der Waals surface area contributed by atoms with Crippen LogP contribution in [0.25, 0.3) is 32.4 Å². The molecule has 0 aliphatic heterocycles. The van der Waals surface area contributed by atoms with Gasteiger partial charge in [-0.15, -0.1) is 0 Å². The van der Waals surface area contributed by atoms with Crippen LogP contribution in [0, 0.1) is 6.92 Å². The Morgan fingerprint density at radius 1 is 0.724 bits per heavy atom. The number of sulfonamides is 1. The van der Waals surface area contributed by atoms with E-state index in [0.29, 0.717) is 11.1 Å². The molecule has 1 N–H and O–H groups in total. The third-order valence-electron chi connectivity index (χ3n) is 5.12. The van der Waals surface area contributed by atoms with Crippen LogP contribution in [0.2, 0.25) is 0 Å². The van der Waals surface area contributed by atoms with Crippen molar-refractivity contribution in [3.05, 3.63) is 90.6 Å². The van der Waals surface area contributed by atoms with E-state index in [2.05, 4.69) is 9.71 Å². The Hall–Kier alpha value is -3.44. The summed E-state index contributed by atoms with van der Waals surface area (Å²) in [6.45, 7) is 1.87. The number of hydrogen-bond acceptors (Lipinski definition) is 3. The number of hydrogen-bond donors (Lipinski definition) is 1. The first kappa shape index (κ1) is 17.6. The average molecular weight is 398 g/mol. The number of pyridine rings is 1. The molecule has 0 aliphatic carbocycles. The SMILES string of the molecule is Cc1cc(NS(=O)(=O)c2cccc3ccccc23)c2ccc3ccccc3c2n1. The van der Waals surface area contributed by atoms with E-state index in [0.717, 1.165) is 32.8 Å². The highest BCUT2D eigenvalue weighted by atomic mass is 32.2. The molecular formula is C24H18N2O2S. The van der Waals surface area contributed by atoms with Gasteiger partial charge < -0.3 is 0 Å². The Balaban J connectivity index is 1.71. The lowest BCUT2D eigenvalue weighted by Gasteiger charge is -2.14. The summed E-state index contributed by atoms with van der Waals surface area (Å²) in [5.74, 6) is 0. The molecule has 142 valence electrons. The van der Waals surface area contributed by atoms with Gasteiger partial charge in [0.15, 0.2) is 0 Å². The number of anilines is 1. The van der Waals surface area contributed by atoms with Gasteiger partial charge in [0, 0.05) is 21.9 Å². The number of nitrogens with one attached hydrogen (secondary N) is 1. The molecule has 5 aromatic rings. The predicted molar refractivity (Wildman–Crippen MR) is 119 cm³/mol. The van der Waals surface area contributed by atoms with Crippen molar-refractivity contribution in [1.82, 2.24) is 4.98 Å². The minimum Gasteiger partial charge on any atom is -0.279 e. The van der Waals surface area contributed by atoms with Gasteiger partial charge >= 0.3 is 0 Å². The molecule has 0 radical (unpaired) electrons. The Labute approximate surface area is 168 Å². The Morgan fingerprint density at radius 3 is 2.17 bits per heavy atom. The van der Waals surface area contributed by atoms with Gasteiger partial charge in [0.25, 0.3) is 10.0 Å². The number of benzene rings is 4. The monoisotopic (exact) mass is 398 g/mol. The highest BCUT2D eigenvalue weighted by Crippen LogP contribution is 2.32. The van der Waals surface area contributed by atoms with Crippen LogP contribution in [0.4, 0.5) is 5.69 Å². The van der Waals surface area contributed by atoms with Crippen LogP contribution in [0.5, 0.6) is 0 Å². The maximum Gasteiger partial charge on any atom is 0.262 e. The van der Waals surface area contributed by atoms with Crippen LogP contribution < -0.4 is 4.72 Å². The molecule has 0 amide bonds. The molecule has 5 rings (SSSR count). The zero-order valence-corrected chi connectivity index (χ0v) is 16.6. The van der Waals surface area contributed by atoms with E-state index in [1.807, 2.05) is 73.7 Å². The average Bonchev–Trinajstić information content (AvgIpc) is 2.73. The van der Waals surface area contributed by atoms with Gasteiger partial charge in [0.2, 0.25) is 0 Å². The summed E-state index contributed by atoms with van der Waals surface area (Å²) < 4.78 is 29.4. The largest absolute Gasteiger partial charge is 0.279 e. The van der Waals surface area contributed by atoms with Crippen molar-refractivity contribution in [3.63, 3.8) is 0 Å². The summed E-state index contributed by atoms with van der Waals surface area (Å²) in [6, 6.07) is 26.5. The summed E-state index contributed by atoms with van der Waals surface area (Å²) in [4.78, 5) is 4.95. The lowest BCUT2D eigenvalue weighted by molar-refractivity contribution is 0.602. The number of aryl methyl sites for hydroxylation is 1. The summed E-state index contributed by atoms with van der Waals surface area (Å²) in [5.41, 5.74) is 2.08. The predicted octanol–water partition coefficient (Wildman–Crippen LogP) is 5.65. The van der Waals surface area contributed by atoms with E-state index in [4.69, 9.17) is 0 Å². The third-order valence-corrected chi connectivity index (χ3v) is 6.54. The minimum absolute atomic E-state index is 0.263. The van der Waals surface area contributed by atoms with Crippen LogP contribution in [-0.2, 0) is 10.0 Å². The van der Waals surface area contributed by atoms with Crippen LogP contribution in [0.3, 0.4) is 0 Å². The molecule has 5 heteroatoms. The number of nitrogens with zero attached hydrogens (tertiary/aromatic N) is 1. The third kappa shape index (κ3) is 3.00. The highest BCUT2D eigenvalue weighted by Gasteiger charge is 2.19. The molecule has 0 spiro atoms. The fourth-order valence-electron chi connectivity index (χ4n) is 3.80. The van der Waals surface area contributed by atoms with Gasteiger partial charge in [-0.25, -0.2) is 8.42 Å². The van der Waals surface area contributed by atoms with E-state index >= 15 is 0 Å². The maximum atomic E-state index is 13.3. The van der Waals surface area contributed by atoms with Gasteiger partial charge in [0.05, 0.1) is 16.1 Å². The smallest absolute Gasteiger partial charge is 0.262 e. The molecule has 29 heavy (non-hydrogen) atoms. The van der Waals surface area contributed by atoms with Gasteiger partial charge in [0.1, 0.15) is 0 Å². The van der Waals surface area contributed by atoms with Crippen LogP contribution in [0.15, 0.2) is 89.8 Å². The van der Waals surface area contributed by atoms with Gasteiger partial charge in [-0.3, -0.25) is 9.71 Å². The van der Waals surface area contributed by atoms with E-state index < -0.39 is 10.0 Å². The minimum atomic E-state index is -3.78. The number of fused-ring (bicyclic) bond motifs is 4. The van der Waals surface area contributed by atoms with Crippen molar-refractivity contribution in [2.75, 3.05) is 4.72 Å².